The van der Waals surface area contributed by atoms with Crippen LogP contribution in [0, 0.1) is 6.92 Å². The van der Waals surface area contributed by atoms with Gasteiger partial charge in [0.25, 0.3) is 5.91 Å². The fraction of sp³-hybridized carbons (Fsp3) is 0.429. The first-order valence-corrected chi connectivity index (χ1v) is 9.53. The molecule has 1 saturated heterocycles. The molecule has 1 aliphatic rings. The van der Waals surface area contributed by atoms with Crippen molar-refractivity contribution in [1.29, 1.82) is 0 Å². The third kappa shape index (κ3) is 5.20. The van der Waals surface area contributed by atoms with Gasteiger partial charge >= 0.3 is 0 Å². The van der Waals surface area contributed by atoms with Crippen LogP contribution in [-0.2, 0) is 4.79 Å². The predicted octanol–water partition coefficient (Wildman–Crippen LogP) is 2.66. The number of nitrogens with zero attached hydrogens (tertiary/aromatic N) is 1. The SMILES string of the molecule is Cc1ccccc1C(=O)NCCC(=O)NCC(c1ccco1)N1CCCC1. The smallest absolute Gasteiger partial charge is 0.251 e. The topological polar surface area (TPSA) is 74.6 Å². The van der Waals surface area contributed by atoms with Crippen LogP contribution >= 0.6 is 0 Å². The van der Waals surface area contributed by atoms with Crippen LogP contribution in [0.1, 0.15) is 47.0 Å². The Balaban J connectivity index is 1.44. The van der Waals surface area contributed by atoms with Gasteiger partial charge in [0.15, 0.2) is 0 Å². The number of rotatable bonds is 8. The summed E-state index contributed by atoms with van der Waals surface area (Å²) in [5, 5.41) is 5.79. The van der Waals surface area contributed by atoms with Gasteiger partial charge in [-0.05, 0) is 56.6 Å². The molecule has 27 heavy (non-hydrogen) atoms. The van der Waals surface area contributed by atoms with E-state index in [9.17, 15) is 9.59 Å². The molecule has 1 unspecified atom stereocenters. The molecule has 0 saturated carbocycles. The van der Waals surface area contributed by atoms with Gasteiger partial charge < -0.3 is 15.1 Å². The molecule has 2 aromatic rings. The molecule has 0 radical (unpaired) electrons. The van der Waals surface area contributed by atoms with E-state index in [1.807, 2.05) is 37.3 Å². The molecule has 144 valence electrons. The maximum absolute atomic E-state index is 12.2. The van der Waals surface area contributed by atoms with Crippen LogP contribution in [0.5, 0.6) is 0 Å². The van der Waals surface area contributed by atoms with E-state index in [2.05, 4.69) is 15.5 Å². The highest BCUT2D eigenvalue weighted by molar-refractivity contribution is 5.95. The van der Waals surface area contributed by atoms with Crippen molar-refractivity contribution < 1.29 is 14.0 Å². The van der Waals surface area contributed by atoms with Gasteiger partial charge in [-0.1, -0.05) is 18.2 Å². The minimum Gasteiger partial charge on any atom is -0.468 e. The molecule has 3 rings (SSSR count). The average molecular weight is 369 g/mol. The standard InChI is InChI=1S/C21H27N3O3/c1-16-7-2-3-8-17(16)21(26)22-11-10-20(25)23-15-18(19-9-6-14-27-19)24-12-4-5-13-24/h2-3,6-9,14,18H,4-5,10-13,15H2,1H3,(H,22,26)(H,23,25). The largest absolute Gasteiger partial charge is 0.468 e. The highest BCUT2D eigenvalue weighted by Gasteiger charge is 2.25. The van der Waals surface area contributed by atoms with Gasteiger partial charge in [0.2, 0.25) is 5.91 Å². The van der Waals surface area contributed by atoms with E-state index in [-0.39, 0.29) is 24.3 Å². The zero-order chi connectivity index (χ0) is 19.1. The van der Waals surface area contributed by atoms with Crippen molar-refractivity contribution in [1.82, 2.24) is 15.5 Å². The summed E-state index contributed by atoms with van der Waals surface area (Å²) in [6, 6.07) is 11.3. The Morgan fingerprint density at radius 2 is 1.89 bits per heavy atom. The van der Waals surface area contributed by atoms with Gasteiger partial charge in [-0.3, -0.25) is 14.5 Å². The molecule has 1 aromatic carbocycles. The average Bonchev–Trinajstić information content (AvgIpc) is 3.37. The summed E-state index contributed by atoms with van der Waals surface area (Å²) in [5.41, 5.74) is 1.57. The van der Waals surface area contributed by atoms with E-state index in [1.54, 1.807) is 12.3 Å². The summed E-state index contributed by atoms with van der Waals surface area (Å²) in [6.07, 6.45) is 4.27. The van der Waals surface area contributed by atoms with Crippen molar-refractivity contribution in [2.24, 2.45) is 0 Å². The third-order valence-electron chi connectivity index (χ3n) is 4.97. The van der Waals surface area contributed by atoms with Crippen LogP contribution in [0.15, 0.2) is 47.1 Å². The summed E-state index contributed by atoms with van der Waals surface area (Å²) in [6.45, 7) is 4.77. The number of hydrogen-bond acceptors (Lipinski definition) is 4. The van der Waals surface area contributed by atoms with Crippen LogP contribution in [-0.4, -0.2) is 42.9 Å². The van der Waals surface area contributed by atoms with Crippen LogP contribution in [0.3, 0.4) is 0 Å². The number of likely N-dealkylation sites (tertiary alicyclic amines) is 1. The molecule has 1 aliphatic heterocycles. The second-order valence-corrected chi connectivity index (χ2v) is 6.90. The molecule has 6 heteroatoms. The number of carbonyl (C=O) groups is 2. The number of aryl methyl sites for hydroxylation is 1. The van der Waals surface area contributed by atoms with Crippen LogP contribution in [0.2, 0.25) is 0 Å². The number of furan rings is 1. The van der Waals surface area contributed by atoms with Crippen LogP contribution < -0.4 is 10.6 Å². The first-order chi connectivity index (χ1) is 13.1. The summed E-state index contributed by atoms with van der Waals surface area (Å²) in [5.74, 6) is 0.660. The number of carbonyl (C=O) groups excluding carboxylic acids is 2. The lowest BCUT2D eigenvalue weighted by atomic mass is 10.1. The van der Waals surface area contributed by atoms with Crippen molar-refractivity contribution >= 4 is 11.8 Å². The molecule has 0 bridgehead atoms. The zero-order valence-corrected chi connectivity index (χ0v) is 15.7. The Hall–Kier alpha value is -2.60. The van der Waals surface area contributed by atoms with E-state index >= 15 is 0 Å². The Labute approximate surface area is 159 Å². The Morgan fingerprint density at radius 3 is 2.59 bits per heavy atom. The normalized spacial score (nSPS) is 15.4. The Morgan fingerprint density at radius 1 is 1.11 bits per heavy atom. The van der Waals surface area contributed by atoms with E-state index in [0.29, 0.717) is 18.7 Å². The number of hydrogen-bond donors (Lipinski definition) is 2. The molecule has 1 atom stereocenters. The minimum absolute atomic E-state index is 0.0630. The maximum Gasteiger partial charge on any atom is 0.251 e. The fourth-order valence-corrected chi connectivity index (χ4v) is 3.46. The zero-order valence-electron chi connectivity index (χ0n) is 15.7. The van der Waals surface area contributed by atoms with Gasteiger partial charge in [-0.2, -0.15) is 0 Å². The van der Waals surface area contributed by atoms with Gasteiger partial charge in [0.05, 0.1) is 12.3 Å². The van der Waals surface area contributed by atoms with Gasteiger partial charge in [-0.25, -0.2) is 0 Å². The van der Waals surface area contributed by atoms with Crippen molar-refractivity contribution in [3.8, 4) is 0 Å². The van der Waals surface area contributed by atoms with Gasteiger partial charge in [0.1, 0.15) is 5.76 Å². The van der Waals surface area contributed by atoms with Gasteiger partial charge in [0, 0.05) is 25.1 Å². The molecular weight excluding hydrogens is 342 g/mol. The van der Waals surface area contributed by atoms with Crippen molar-refractivity contribution in [2.45, 2.75) is 32.2 Å². The quantitative estimate of drug-likeness (QED) is 0.750. The van der Waals surface area contributed by atoms with E-state index in [1.165, 1.54) is 12.8 Å². The number of benzene rings is 1. The molecule has 0 aliphatic carbocycles. The molecule has 2 heterocycles. The van der Waals surface area contributed by atoms with Gasteiger partial charge in [-0.15, -0.1) is 0 Å². The lowest BCUT2D eigenvalue weighted by Crippen LogP contribution is -2.38. The monoisotopic (exact) mass is 369 g/mol. The van der Waals surface area contributed by atoms with Crippen molar-refractivity contribution in [3.05, 3.63) is 59.5 Å². The molecule has 6 nitrogen and oxygen atoms in total. The third-order valence-corrected chi connectivity index (χ3v) is 4.97. The fourth-order valence-electron chi connectivity index (χ4n) is 3.46. The molecule has 2 N–H and O–H groups in total. The molecule has 1 fully saturated rings. The highest BCUT2D eigenvalue weighted by Crippen LogP contribution is 2.24. The molecular formula is C21H27N3O3. The second-order valence-electron chi connectivity index (χ2n) is 6.90. The van der Waals surface area contributed by atoms with E-state index in [4.69, 9.17) is 4.42 Å². The summed E-state index contributed by atoms with van der Waals surface area (Å²) in [4.78, 5) is 26.7. The Bertz CT molecular complexity index is 752. The summed E-state index contributed by atoms with van der Waals surface area (Å²) in [7, 11) is 0. The highest BCUT2D eigenvalue weighted by atomic mass is 16.3. The van der Waals surface area contributed by atoms with E-state index in [0.717, 1.165) is 24.4 Å². The molecule has 2 amide bonds. The maximum atomic E-state index is 12.2. The van der Waals surface area contributed by atoms with E-state index < -0.39 is 0 Å². The summed E-state index contributed by atoms with van der Waals surface area (Å²) < 4.78 is 5.56. The number of amides is 2. The van der Waals surface area contributed by atoms with Crippen molar-refractivity contribution in [3.63, 3.8) is 0 Å². The lowest BCUT2D eigenvalue weighted by molar-refractivity contribution is -0.121. The minimum atomic E-state index is -0.147. The molecule has 0 spiro atoms. The number of nitrogens with one attached hydrogen (secondary N) is 2. The summed E-state index contributed by atoms with van der Waals surface area (Å²) >= 11 is 0. The Kier molecular flexibility index (Phi) is 6.65. The lowest BCUT2D eigenvalue weighted by Gasteiger charge is -2.26. The van der Waals surface area contributed by atoms with Crippen LogP contribution in [0.25, 0.3) is 0 Å². The first kappa shape index (κ1) is 19.2. The second kappa shape index (κ2) is 9.37. The molecule has 1 aromatic heterocycles. The van der Waals surface area contributed by atoms with Crippen LogP contribution in [0.4, 0.5) is 0 Å². The van der Waals surface area contributed by atoms with Crippen molar-refractivity contribution in [2.75, 3.05) is 26.2 Å². The predicted molar refractivity (Wildman–Crippen MR) is 103 cm³/mol. The first-order valence-electron chi connectivity index (χ1n) is 9.53.